The van der Waals surface area contributed by atoms with Gasteiger partial charge >= 0.3 is 0 Å². The second-order valence-corrected chi connectivity index (χ2v) is 7.51. The van der Waals surface area contributed by atoms with Crippen molar-refractivity contribution in [3.8, 4) is 17.2 Å². The Labute approximate surface area is 174 Å². The first kappa shape index (κ1) is 22.1. The number of rotatable bonds is 9. The van der Waals surface area contributed by atoms with Crippen LogP contribution in [0.2, 0.25) is 4.34 Å². The van der Waals surface area contributed by atoms with E-state index in [1.807, 2.05) is 25.1 Å². The SMILES string of the molecule is CCNC(=NCc1cc(OC)c(OC)c(OC)c1)NCC(O)c1ccc(Cl)s1. The molecule has 1 aromatic heterocycles. The third-order valence-electron chi connectivity index (χ3n) is 3.87. The first-order valence-electron chi connectivity index (χ1n) is 8.76. The molecule has 0 aliphatic rings. The quantitative estimate of drug-likeness (QED) is 0.421. The van der Waals surface area contributed by atoms with E-state index in [1.165, 1.54) is 11.3 Å². The van der Waals surface area contributed by atoms with Crippen molar-refractivity contribution < 1.29 is 19.3 Å². The molecule has 0 saturated heterocycles. The van der Waals surface area contributed by atoms with E-state index < -0.39 is 6.10 Å². The van der Waals surface area contributed by atoms with Gasteiger partial charge in [-0.3, -0.25) is 0 Å². The van der Waals surface area contributed by atoms with Gasteiger partial charge in [-0.15, -0.1) is 11.3 Å². The van der Waals surface area contributed by atoms with Gasteiger partial charge in [0.05, 0.1) is 32.2 Å². The van der Waals surface area contributed by atoms with Crippen molar-refractivity contribution >= 4 is 28.9 Å². The maximum Gasteiger partial charge on any atom is 0.203 e. The van der Waals surface area contributed by atoms with Crippen LogP contribution in [0.5, 0.6) is 17.2 Å². The third-order valence-corrected chi connectivity index (χ3v) is 5.21. The molecule has 0 aliphatic heterocycles. The molecule has 1 heterocycles. The molecule has 154 valence electrons. The van der Waals surface area contributed by atoms with Crippen molar-refractivity contribution in [3.05, 3.63) is 39.0 Å². The fourth-order valence-electron chi connectivity index (χ4n) is 2.54. The van der Waals surface area contributed by atoms with Crippen LogP contribution in [0.25, 0.3) is 0 Å². The van der Waals surface area contributed by atoms with Crippen LogP contribution in [-0.4, -0.2) is 45.5 Å². The zero-order valence-corrected chi connectivity index (χ0v) is 18.0. The number of aliphatic hydroxyl groups excluding tert-OH is 1. The Morgan fingerprint density at radius 1 is 1.14 bits per heavy atom. The van der Waals surface area contributed by atoms with Gasteiger partial charge in [-0.1, -0.05) is 11.6 Å². The van der Waals surface area contributed by atoms with Gasteiger partial charge in [-0.2, -0.15) is 0 Å². The Balaban J connectivity index is 2.09. The van der Waals surface area contributed by atoms with Gasteiger partial charge in [0.25, 0.3) is 0 Å². The summed E-state index contributed by atoms with van der Waals surface area (Å²) in [7, 11) is 4.72. The average molecular weight is 428 g/mol. The maximum absolute atomic E-state index is 10.3. The van der Waals surface area contributed by atoms with Gasteiger partial charge in [0.1, 0.15) is 6.10 Å². The maximum atomic E-state index is 10.3. The Morgan fingerprint density at radius 2 is 1.82 bits per heavy atom. The number of aliphatic imine (C=N–C) groups is 1. The number of methoxy groups -OCH3 is 3. The molecule has 0 radical (unpaired) electrons. The molecule has 7 nitrogen and oxygen atoms in total. The summed E-state index contributed by atoms with van der Waals surface area (Å²) in [5.74, 6) is 2.29. The highest BCUT2D eigenvalue weighted by atomic mass is 35.5. The van der Waals surface area contributed by atoms with Crippen LogP contribution in [0.4, 0.5) is 0 Å². The van der Waals surface area contributed by atoms with Crippen molar-refractivity contribution in [2.24, 2.45) is 4.99 Å². The summed E-state index contributed by atoms with van der Waals surface area (Å²) in [6, 6.07) is 7.31. The summed E-state index contributed by atoms with van der Waals surface area (Å²) in [6.07, 6.45) is -0.664. The number of guanidine groups is 1. The average Bonchev–Trinajstić information content (AvgIpc) is 3.15. The van der Waals surface area contributed by atoms with Crippen LogP contribution in [0, 0.1) is 0 Å². The molecular weight excluding hydrogens is 402 g/mol. The second-order valence-electron chi connectivity index (χ2n) is 5.77. The van der Waals surface area contributed by atoms with Gasteiger partial charge < -0.3 is 30.0 Å². The van der Waals surface area contributed by atoms with Crippen molar-refractivity contribution in [1.29, 1.82) is 0 Å². The van der Waals surface area contributed by atoms with Crippen LogP contribution in [0.3, 0.4) is 0 Å². The standard InChI is InChI=1S/C19H26ClN3O4S/c1-5-21-19(23-11-13(24)16-6-7-17(20)28-16)22-10-12-8-14(25-2)18(27-4)15(9-12)26-3/h6-9,13,24H,5,10-11H2,1-4H3,(H2,21,22,23). The summed E-state index contributed by atoms with van der Waals surface area (Å²) in [4.78, 5) is 5.37. The van der Waals surface area contributed by atoms with E-state index in [-0.39, 0.29) is 0 Å². The van der Waals surface area contributed by atoms with Gasteiger partial charge in [0.2, 0.25) is 5.75 Å². The highest BCUT2D eigenvalue weighted by Crippen LogP contribution is 2.38. The number of hydrogen-bond acceptors (Lipinski definition) is 6. The number of nitrogens with zero attached hydrogens (tertiary/aromatic N) is 1. The number of benzene rings is 1. The number of ether oxygens (including phenoxy) is 3. The lowest BCUT2D eigenvalue weighted by atomic mass is 10.2. The molecule has 1 aromatic carbocycles. The molecular formula is C19H26ClN3O4S. The number of thiophene rings is 1. The second kappa shape index (κ2) is 11.0. The first-order chi connectivity index (χ1) is 13.5. The van der Waals surface area contributed by atoms with Gasteiger partial charge in [-0.05, 0) is 36.8 Å². The van der Waals surface area contributed by atoms with E-state index in [9.17, 15) is 5.11 Å². The summed E-state index contributed by atoms with van der Waals surface area (Å²) < 4.78 is 16.7. The number of hydrogen-bond donors (Lipinski definition) is 3. The number of aliphatic hydroxyl groups is 1. The smallest absolute Gasteiger partial charge is 0.203 e. The molecule has 0 saturated carbocycles. The Hall–Kier alpha value is -2.16. The van der Waals surface area contributed by atoms with E-state index in [4.69, 9.17) is 25.8 Å². The predicted molar refractivity (Wildman–Crippen MR) is 113 cm³/mol. The largest absolute Gasteiger partial charge is 0.493 e. The minimum absolute atomic E-state index is 0.317. The van der Waals surface area contributed by atoms with Crippen LogP contribution >= 0.6 is 22.9 Å². The highest BCUT2D eigenvalue weighted by molar-refractivity contribution is 7.16. The fraction of sp³-hybridized carbons (Fsp3) is 0.421. The first-order valence-corrected chi connectivity index (χ1v) is 9.96. The van der Waals surface area contributed by atoms with Crippen LogP contribution < -0.4 is 24.8 Å². The zero-order valence-electron chi connectivity index (χ0n) is 16.4. The zero-order chi connectivity index (χ0) is 20.5. The molecule has 9 heteroatoms. The summed E-state index contributed by atoms with van der Waals surface area (Å²) in [6.45, 7) is 3.39. The number of nitrogens with one attached hydrogen (secondary N) is 2. The van der Waals surface area contributed by atoms with Crippen LogP contribution in [-0.2, 0) is 6.54 Å². The van der Waals surface area contributed by atoms with Crippen LogP contribution in [0.15, 0.2) is 29.3 Å². The molecule has 1 unspecified atom stereocenters. The van der Waals surface area contributed by atoms with Crippen molar-refractivity contribution in [1.82, 2.24) is 10.6 Å². The lowest BCUT2D eigenvalue weighted by Gasteiger charge is -2.15. The molecule has 0 bridgehead atoms. The minimum atomic E-state index is -0.664. The number of halogens is 1. The van der Waals surface area contributed by atoms with E-state index in [2.05, 4.69) is 15.6 Å². The summed E-state index contributed by atoms with van der Waals surface area (Å²) in [5.41, 5.74) is 0.900. The van der Waals surface area contributed by atoms with Gasteiger partial charge in [0, 0.05) is 18.0 Å². The van der Waals surface area contributed by atoms with Crippen molar-refractivity contribution in [2.45, 2.75) is 19.6 Å². The van der Waals surface area contributed by atoms with E-state index in [0.717, 1.165) is 10.4 Å². The molecule has 2 rings (SSSR count). The van der Waals surface area contributed by atoms with Crippen molar-refractivity contribution in [3.63, 3.8) is 0 Å². The molecule has 3 N–H and O–H groups in total. The molecule has 28 heavy (non-hydrogen) atoms. The molecule has 0 amide bonds. The molecule has 2 aromatic rings. The lowest BCUT2D eigenvalue weighted by Crippen LogP contribution is -2.39. The fourth-order valence-corrected chi connectivity index (χ4v) is 3.59. The molecule has 0 aliphatic carbocycles. The minimum Gasteiger partial charge on any atom is -0.493 e. The molecule has 1 atom stereocenters. The van der Waals surface area contributed by atoms with Crippen molar-refractivity contribution in [2.75, 3.05) is 34.4 Å². The Bertz CT molecular complexity index is 772. The molecule has 0 spiro atoms. The monoisotopic (exact) mass is 427 g/mol. The highest BCUT2D eigenvalue weighted by Gasteiger charge is 2.14. The topological polar surface area (TPSA) is 84.3 Å². The van der Waals surface area contributed by atoms with Gasteiger partial charge in [-0.25, -0.2) is 4.99 Å². The third kappa shape index (κ3) is 5.92. The normalized spacial score (nSPS) is 12.4. The van der Waals surface area contributed by atoms with Crippen LogP contribution in [0.1, 0.15) is 23.5 Å². The van der Waals surface area contributed by atoms with E-state index in [0.29, 0.717) is 47.2 Å². The summed E-state index contributed by atoms with van der Waals surface area (Å²) in [5, 5.41) is 16.6. The predicted octanol–water partition coefficient (Wildman–Crippen LogP) is 3.22. The Kier molecular flexibility index (Phi) is 8.69. The van der Waals surface area contributed by atoms with Gasteiger partial charge in [0.15, 0.2) is 17.5 Å². The summed E-state index contributed by atoms with van der Waals surface area (Å²) >= 11 is 7.29. The molecule has 0 fully saturated rings. The Morgan fingerprint density at radius 3 is 2.32 bits per heavy atom. The van der Waals surface area contributed by atoms with E-state index >= 15 is 0 Å². The van der Waals surface area contributed by atoms with E-state index in [1.54, 1.807) is 27.4 Å². The lowest BCUT2D eigenvalue weighted by molar-refractivity contribution is 0.184.